The number of rotatable bonds is 2. The Morgan fingerprint density at radius 2 is 1.33 bits per heavy atom. The van der Waals surface area contributed by atoms with E-state index in [0.717, 1.165) is 0 Å². The van der Waals surface area contributed by atoms with Crippen LogP contribution in [0.3, 0.4) is 0 Å². The van der Waals surface area contributed by atoms with Gasteiger partial charge in [-0.25, -0.2) is 0 Å². The van der Waals surface area contributed by atoms with Crippen molar-refractivity contribution >= 4 is 21.0 Å². The van der Waals surface area contributed by atoms with Crippen LogP contribution < -0.4 is 0 Å². The van der Waals surface area contributed by atoms with Crippen LogP contribution in [0.4, 0.5) is 0 Å². The zero-order valence-corrected chi connectivity index (χ0v) is 12.6. The van der Waals surface area contributed by atoms with E-state index >= 15 is 0 Å². The molecule has 3 aromatic rings. The van der Waals surface area contributed by atoms with Crippen LogP contribution in [0.5, 0.6) is 0 Å². The molecular weight excluding hydrogens is 232 g/mol. The van der Waals surface area contributed by atoms with Crippen molar-refractivity contribution in [2.24, 2.45) is 0 Å². The minimum atomic E-state index is 1.21. The molecule has 18 heavy (non-hydrogen) atoms. The van der Waals surface area contributed by atoms with Crippen molar-refractivity contribution in [2.45, 2.75) is 6.04 Å². The van der Waals surface area contributed by atoms with Gasteiger partial charge in [0.2, 0.25) is 0 Å². The predicted molar refractivity (Wildman–Crippen MR) is 83.0 cm³/mol. The molecule has 0 bridgehead atoms. The molecule has 0 aromatic heterocycles. The molecule has 3 aromatic carbocycles. The van der Waals surface area contributed by atoms with Gasteiger partial charge in [0.25, 0.3) is 0 Å². The first kappa shape index (κ1) is 11.2. The Hall–Kier alpha value is -1.86. The maximum absolute atomic E-state index is 2.25. The smallest absolute Gasteiger partial charge is 0.00836 e. The molecule has 0 spiro atoms. The van der Waals surface area contributed by atoms with Gasteiger partial charge in [-0.1, -0.05) is 66.7 Å². The van der Waals surface area contributed by atoms with E-state index in [4.69, 9.17) is 0 Å². The molecule has 0 N–H and O–H groups in total. The van der Waals surface area contributed by atoms with E-state index in [2.05, 4.69) is 66.7 Å². The molecule has 3 rings (SSSR count). The third kappa shape index (κ3) is 1.87. The summed E-state index contributed by atoms with van der Waals surface area (Å²) < 4.78 is 0. The number of hydrogen-bond acceptors (Lipinski definition) is 0. The molecule has 88 valence electrons. The van der Waals surface area contributed by atoms with Crippen molar-refractivity contribution in [1.82, 2.24) is 0 Å². The van der Waals surface area contributed by atoms with E-state index in [1.807, 2.05) is 0 Å². The monoisotopic (exact) mass is 248 g/mol. The van der Waals surface area contributed by atoms with Gasteiger partial charge in [0.15, 0.2) is 0 Å². The Morgan fingerprint density at radius 1 is 0.667 bits per heavy atom. The van der Waals surface area contributed by atoms with Gasteiger partial charge in [0.1, 0.15) is 0 Å². The summed E-state index contributed by atoms with van der Waals surface area (Å²) in [5, 5.41) is 2.67. The molecule has 0 unspecified atom stereocenters. The zero-order valence-electron chi connectivity index (χ0n) is 10.6. The second-order valence-corrected chi connectivity index (χ2v) is 5.24. The Morgan fingerprint density at radius 3 is 2.22 bits per heavy atom. The minimum absolute atomic E-state index is 1.21. The second-order valence-electron chi connectivity index (χ2n) is 4.54. The number of benzene rings is 3. The predicted octanol–water partition coefficient (Wildman–Crippen LogP) is 3.37. The Kier molecular flexibility index (Phi) is 2.99. The van der Waals surface area contributed by atoms with Gasteiger partial charge in [0, 0.05) is 10.2 Å². The molecule has 0 saturated heterocycles. The first-order valence-corrected chi connectivity index (χ1v) is 7.87. The standard InChI is InChI=1S/C17H16Si/c18-12-14-7-2-4-10-16(14)17-11-5-8-13-6-1-3-9-15(13)17/h1-11H,12H2,18H3. The quantitative estimate of drug-likeness (QED) is 0.610. The van der Waals surface area contributed by atoms with Crippen molar-refractivity contribution in [2.75, 3.05) is 0 Å². The third-order valence-corrected chi connectivity index (χ3v) is 4.24. The average Bonchev–Trinajstić information content (AvgIpc) is 2.46. The lowest BCUT2D eigenvalue weighted by Gasteiger charge is -2.10. The van der Waals surface area contributed by atoms with E-state index < -0.39 is 0 Å². The summed E-state index contributed by atoms with van der Waals surface area (Å²) in [6, 6.07) is 25.2. The van der Waals surface area contributed by atoms with Gasteiger partial charge in [-0.15, -0.1) is 0 Å². The Labute approximate surface area is 111 Å². The molecule has 1 heteroatoms. The van der Waals surface area contributed by atoms with Gasteiger partial charge >= 0.3 is 0 Å². The van der Waals surface area contributed by atoms with Gasteiger partial charge in [-0.2, -0.15) is 0 Å². The number of hydrogen-bond donors (Lipinski definition) is 0. The fraction of sp³-hybridized carbons (Fsp3) is 0.0588. The van der Waals surface area contributed by atoms with Crippen molar-refractivity contribution in [3.05, 3.63) is 72.3 Å². The largest absolute Gasteiger partial charge is 0.0620 e. The highest BCUT2D eigenvalue weighted by Gasteiger charge is 2.06. The molecule has 0 atom stereocenters. The topological polar surface area (TPSA) is 0 Å². The summed E-state index contributed by atoms with van der Waals surface area (Å²) in [4.78, 5) is 0. The first-order chi connectivity index (χ1) is 8.90. The highest BCUT2D eigenvalue weighted by Crippen LogP contribution is 2.30. The summed E-state index contributed by atoms with van der Waals surface area (Å²) in [7, 11) is 1.21. The van der Waals surface area contributed by atoms with Crippen LogP contribution in [0.1, 0.15) is 5.56 Å². The summed E-state index contributed by atoms with van der Waals surface area (Å²) in [6.07, 6.45) is 0. The number of fused-ring (bicyclic) bond motifs is 1. The molecule has 0 heterocycles. The van der Waals surface area contributed by atoms with Crippen LogP contribution in [-0.4, -0.2) is 10.2 Å². The van der Waals surface area contributed by atoms with Crippen molar-refractivity contribution in [1.29, 1.82) is 0 Å². The molecule has 0 saturated carbocycles. The fourth-order valence-corrected chi connectivity index (χ4v) is 3.17. The van der Waals surface area contributed by atoms with E-state index in [0.29, 0.717) is 0 Å². The molecular formula is C17H16Si. The molecule has 0 aliphatic carbocycles. The lowest BCUT2D eigenvalue weighted by molar-refractivity contribution is 1.40. The van der Waals surface area contributed by atoms with Crippen LogP contribution in [0, 0.1) is 0 Å². The second kappa shape index (κ2) is 4.79. The van der Waals surface area contributed by atoms with Gasteiger partial charge in [0.05, 0.1) is 0 Å². The molecule has 0 radical (unpaired) electrons. The van der Waals surface area contributed by atoms with E-state index in [9.17, 15) is 0 Å². The van der Waals surface area contributed by atoms with Crippen LogP contribution in [0.2, 0.25) is 0 Å². The SMILES string of the molecule is [SiH3]Cc1ccccc1-c1cccc2ccccc12. The minimum Gasteiger partial charge on any atom is -0.0620 e. The lowest BCUT2D eigenvalue weighted by Crippen LogP contribution is -1.90. The molecule has 0 nitrogen and oxygen atoms in total. The highest BCUT2D eigenvalue weighted by molar-refractivity contribution is 6.09. The molecule has 0 fully saturated rings. The van der Waals surface area contributed by atoms with E-state index in [-0.39, 0.29) is 0 Å². The van der Waals surface area contributed by atoms with E-state index in [1.165, 1.54) is 43.7 Å². The van der Waals surface area contributed by atoms with Crippen molar-refractivity contribution in [3.63, 3.8) is 0 Å². The van der Waals surface area contributed by atoms with Crippen LogP contribution in [0.15, 0.2) is 66.7 Å². The Balaban J connectivity index is 2.32. The van der Waals surface area contributed by atoms with Crippen molar-refractivity contribution < 1.29 is 0 Å². The molecule has 0 aliphatic rings. The molecule has 0 amide bonds. The van der Waals surface area contributed by atoms with Crippen LogP contribution in [0.25, 0.3) is 21.9 Å². The van der Waals surface area contributed by atoms with Gasteiger partial charge in [-0.3, -0.25) is 0 Å². The lowest BCUT2D eigenvalue weighted by atomic mass is 9.95. The fourth-order valence-electron chi connectivity index (χ4n) is 2.55. The van der Waals surface area contributed by atoms with Gasteiger partial charge in [-0.05, 0) is 33.5 Å². The van der Waals surface area contributed by atoms with Crippen molar-refractivity contribution in [3.8, 4) is 11.1 Å². The normalized spacial score (nSPS) is 10.9. The highest BCUT2D eigenvalue weighted by atomic mass is 28.1. The summed E-state index contributed by atoms with van der Waals surface area (Å²) in [6.45, 7) is 0. The summed E-state index contributed by atoms with van der Waals surface area (Å²) >= 11 is 0. The summed E-state index contributed by atoms with van der Waals surface area (Å²) in [5.74, 6) is 0. The molecule has 0 aliphatic heterocycles. The maximum atomic E-state index is 2.25. The Bertz CT molecular complexity index is 681. The third-order valence-electron chi connectivity index (χ3n) is 3.48. The maximum Gasteiger partial charge on any atom is 0.00836 e. The van der Waals surface area contributed by atoms with Crippen LogP contribution >= 0.6 is 0 Å². The van der Waals surface area contributed by atoms with Gasteiger partial charge < -0.3 is 0 Å². The van der Waals surface area contributed by atoms with Crippen LogP contribution in [-0.2, 0) is 6.04 Å². The summed E-state index contributed by atoms with van der Waals surface area (Å²) in [5.41, 5.74) is 4.23. The van der Waals surface area contributed by atoms with E-state index in [1.54, 1.807) is 0 Å². The average molecular weight is 248 g/mol. The zero-order chi connectivity index (χ0) is 12.4. The first-order valence-electron chi connectivity index (χ1n) is 6.46.